The van der Waals surface area contributed by atoms with Crippen molar-refractivity contribution in [3.05, 3.63) is 0 Å². The van der Waals surface area contributed by atoms with Crippen LogP contribution in [0.25, 0.3) is 0 Å². The minimum Gasteiger partial charge on any atom is -0.822 e. The summed E-state index contributed by atoms with van der Waals surface area (Å²) in [5, 5.41) is 0. The normalized spacial score (nSPS) is 9.83. The molecule has 0 spiro atoms. The second-order valence-electron chi connectivity index (χ2n) is 1.34. The maximum absolute atomic E-state index is 8.55. The van der Waals surface area contributed by atoms with Crippen LogP contribution in [0.5, 0.6) is 0 Å². The Bertz CT molecular complexity index is 209. The Morgan fingerprint density at radius 1 is 0.389 bits per heavy atom. The largest absolute Gasteiger partial charge is 1.00 e. The fourth-order valence-electron chi connectivity index (χ4n) is 0. The van der Waals surface area contributed by atoms with Gasteiger partial charge in [-0.25, -0.2) is 0 Å². The number of hydrogen-bond donors (Lipinski definition) is 0. The molecule has 0 radical (unpaired) electrons. The number of hydrogen-bond acceptors (Lipinski definition) is 12. The van der Waals surface area contributed by atoms with Crippen molar-refractivity contribution in [3.63, 3.8) is 0 Å². The zero-order chi connectivity index (χ0) is 13.5. The summed E-state index contributed by atoms with van der Waals surface area (Å²) in [6.45, 7) is 0. The average molecular weight is 354 g/mol. The Labute approximate surface area is 167 Å². The Balaban J connectivity index is -0.0000000277. The molecule has 0 bridgehead atoms. The van der Waals surface area contributed by atoms with Gasteiger partial charge in [-0.1, -0.05) is 0 Å². The van der Waals surface area contributed by atoms with E-state index in [-0.39, 0.29) is 88.7 Å². The first-order chi connectivity index (χ1) is 6.00. The van der Waals surface area contributed by atoms with Gasteiger partial charge < -0.3 is 57.7 Å². The standard InChI is InChI=1S/3Na.3H3O4P/c;;;3*1-5(2,3)4/h;;;3*(H3,1,2,3,4)/q3*+1;;;/p-9. The maximum Gasteiger partial charge on any atom is 1.00 e. The van der Waals surface area contributed by atoms with Gasteiger partial charge in [0.05, 0.1) is 0 Å². The number of rotatable bonds is 0. The van der Waals surface area contributed by atoms with Gasteiger partial charge in [0.15, 0.2) is 0 Å². The molecule has 0 aliphatic rings. The molecule has 0 atom stereocenters. The van der Waals surface area contributed by atoms with Gasteiger partial charge >= 0.3 is 88.7 Å². The Morgan fingerprint density at radius 2 is 0.389 bits per heavy atom. The summed E-state index contributed by atoms with van der Waals surface area (Å²) in [5.74, 6) is 0. The third kappa shape index (κ3) is 586. The van der Waals surface area contributed by atoms with E-state index in [0.29, 0.717) is 0 Å². The minimum atomic E-state index is -5.39. The minimum absolute atomic E-state index is 0. The Kier molecular flexibility index (Phi) is 34.8. The first kappa shape index (κ1) is 37.5. The molecule has 0 aromatic heterocycles. The summed E-state index contributed by atoms with van der Waals surface area (Å²) in [5.41, 5.74) is 0. The second kappa shape index (κ2) is 16.7. The van der Waals surface area contributed by atoms with Crippen LogP contribution in [0.15, 0.2) is 0 Å². The van der Waals surface area contributed by atoms with E-state index >= 15 is 0 Å². The third-order valence-electron chi connectivity index (χ3n) is 0. The monoisotopic (exact) mass is 354 g/mol. The van der Waals surface area contributed by atoms with Crippen LogP contribution in [-0.2, 0) is 13.7 Å². The molecule has 96 valence electrons. The average Bonchev–Trinajstić information content (AvgIpc) is 1.41. The van der Waals surface area contributed by atoms with Gasteiger partial charge in [-0.05, 0) is 0 Å². The summed E-state index contributed by atoms with van der Waals surface area (Å²) < 4.78 is 25.6. The van der Waals surface area contributed by atoms with E-state index in [1.54, 1.807) is 0 Å². The van der Waals surface area contributed by atoms with E-state index < -0.39 is 23.5 Å². The molecule has 0 saturated carbocycles. The van der Waals surface area contributed by atoms with Gasteiger partial charge in [-0.3, -0.25) is 0 Å². The van der Waals surface area contributed by atoms with E-state index in [1.807, 2.05) is 0 Å². The van der Waals surface area contributed by atoms with Gasteiger partial charge in [-0.15, -0.1) is 0 Å². The van der Waals surface area contributed by atoms with Crippen LogP contribution in [0.1, 0.15) is 0 Å². The molecule has 18 heteroatoms. The zero-order valence-corrected chi connectivity index (χ0v) is 17.9. The Morgan fingerprint density at radius 3 is 0.389 bits per heavy atom. The van der Waals surface area contributed by atoms with Gasteiger partial charge in [0.1, 0.15) is 0 Å². The van der Waals surface area contributed by atoms with Crippen molar-refractivity contribution in [1.29, 1.82) is 0 Å². The van der Waals surface area contributed by atoms with E-state index in [4.69, 9.17) is 57.7 Å². The maximum atomic E-state index is 8.55. The van der Waals surface area contributed by atoms with Crippen molar-refractivity contribution in [3.8, 4) is 0 Å². The first-order valence-corrected chi connectivity index (χ1v) is 6.57. The molecule has 0 aliphatic heterocycles. The molecule has 0 aromatic rings. The van der Waals surface area contributed by atoms with Crippen LogP contribution in [0.2, 0.25) is 0 Å². The van der Waals surface area contributed by atoms with Crippen molar-refractivity contribution < 1.29 is 146 Å². The molecule has 0 aliphatic carbocycles. The van der Waals surface area contributed by atoms with Gasteiger partial charge in [0, 0.05) is 0 Å². The fourth-order valence-corrected chi connectivity index (χ4v) is 0. The van der Waals surface area contributed by atoms with E-state index in [9.17, 15) is 0 Å². The van der Waals surface area contributed by atoms with E-state index in [1.165, 1.54) is 0 Å². The van der Waals surface area contributed by atoms with Crippen LogP contribution in [0.4, 0.5) is 0 Å². The van der Waals surface area contributed by atoms with E-state index in [2.05, 4.69) is 0 Å². The molecule has 0 saturated heterocycles. The van der Waals surface area contributed by atoms with Crippen LogP contribution >= 0.6 is 23.5 Å². The van der Waals surface area contributed by atoms with Crippen molar-refractivity contribution in [2.24, 2.45) is 0 Å². The molecule has 0 amide bonds. The van der Waals surface area contributed by atoms with Crippen molar-refractivity contribution in [1.82, 2.24) is 0 Å². The number of phosphoric acid groups is 3. The molecule has 0 heterocycles. The fraction of sp³-hybridized carbons (Fsp3) is 0. The molecule has 0 aromatic carbocycles. The summed E-state index contributed by atoms with van der Waals surface area (Å²) in [4.78, 5) is 76.9. The van der Waals surface area contributed by atoms with Crippen LogP contribution < -0.4 is 133 Å². The first-order valence-electron chi connectivity index (χ1n) is 2.19. The molecular weight excluding hydrogens is 354 g/mol. The second-order valence-corrected chi connectivity index (χ2v) is 4.02. The predicted octanol–water partition coefficient (Wildman–Crippen LogP) is -17.5. The summed E-state index contributed by atoms with van der Waals surface area (Å²) >= 11 is 0. The van der Waals surface area contributed by atoms with Crippen molar-refractivity contribution >= 4 is 23.5 Å². The van der Waals surface area contributed by atoms with Gasteiger partial charge in [0.25, 0.3) is 0 Å². The van der Waals surface area contributed by atoms with Crippen LogP contribution in [-0.4, -0.2) is 0 Å². The molecule has 0 unspecified atom stereocenters. The molecule has 0 rings (SSSR count). The summed E-state index contributed by atoms with van der Waals surface area (Å²) in [6, 6.07) is 0. The molecule has 12 nitrogen and oxygen atoms in total. The SMILES string of the molecule is O=P([O-])([O-])[O-].O=P([O-])([O-])[O-].O=P([O-])([O-])[O-].[Na+].[Na+].[Na+]. The van der Waals surface area contributed by atoms with Crippen molar-refractivity contribution in [2.45, 2.75) is 0 Å². The van der Waals surface area contributed by atoms with Gasteiger partial charge in [0.2, 0.25) is 0 Å². The molecular formula is Na3O12P3-6. The van der Waals surface area contributed by atoms with E-state index in [0.717, 1.165) is 0 Å². The van der Waals surface area contributed by atoms with Crippen molar-refractivity contribution in [2.75, 3.05) is 0 Å². The van der Waals surface area contributed by atoms with Gasteiger partial charge in [-0.2, -0.15) is 23.5 Å². The van der Waals surface area contributed by atoms with Crippen LogP contribution in [0, 0.1) is 0 Å². The molecule has 0 fully saturated rings. The Hall–Kier alpha value is 3.33. The van der Waals surface area contributed by atoms with Crippen LogP contribution in [0.3, 0.4) is 0 Å². The summed E-state index contributed by atoms with van der Waals surface area (Å²) in [7, 11) is -16.2. The quantitative estimate of drug-likeness (QED) is 0.290. The third-order valence-corrected chi connectivity index (χ3v) is 0. The smallest absolute Gasteiger partial charge is 0.822 e. The molecule has 18 heavy (non-hydrogen) atoms. The predicted molar refractivity (Wildman–Crippen MR) is 22.8 cm³/mol. The topological polar surface area (TPSA) is 259 Å². The summed E-state index contributed by atoms with van der Waals surface area (Å²) in [6.07, 6.45) is 0. The molecule has 0 N–H and O–H groups in total. The zero-order valence-electron chi connectivity index (χ0n) is 9.24.